The van der Waals surface area contributed by atoms with Crippen molar-refractivity contribution in [1.82, 2.24) is 4.98 Å². The lowest BCUT2D eigenvalue weighted by Gasteiger charge is -2.12. The van der Waals surface area contributed by atoms with E-state index in [2.05, 4.69) is 10.1 Å². The van der Waals surface area contributed by atoms with Crippen molar-refractivity contribution in [3.05, 3.63) is 59.8 Å². The number of guanidine groups is 1. The number of nitrogens with zero attached hydrogens (tertiary/aromatic N) is 2. The second kappa shape index (κ2) is 10.7. The molecule has 1 heterocycles. The summed E-state index contributed by atoms with van der Waals surface area (Å²) < 4.78 is 37.0. The van der Waals surface area contributed by atoms with Crippen LogP contribution in [0.25, 0.3) is 10.9 Å². The summed E-state index contributed by atoms with van der Waals surface area (Å²) in [7, 11) is -4.10. The highest BCUT2D eigenvalue weighted by molar-refractivity contribution is 7.87. The minimum atomic E-state index is -4.10. The number of fused-ring (bicyclic) bond motifs is 1. The molecular formula is C22H28N4O5S. The van der Waals surface area contributed by atoms with Gasteiger partial charge >= 0.3 is 10.1 Å². The first-order chi connectivity index (χ1) is 14.7. The molecule has 0 amide bonds. The molecule has 0 spiro atoms. The number of aryl methyl sites for hydroxylation is 2. The largest absolute Gasteiger partial charge is 0.493 e. The molecule has 9 nitrogen and oxygen atoms in total. The van der Waals surface area contributed by atoms with Crippen molar-refractivity contribution < 1.29 is 22.2 Å². The predicted molar refractivity (Wildman–Crippen MR) is 124 cm³/mol. The van der Waals surface area contributed by atoms with Gasteiger partial charge in [0.25, 0.3) is 0 Å². The van der Waals surface area contributed by atoms with E-state index in [0.717, 1.165) is 16.5 Å². The Labute approximate surface area is 188 Å². The van der Waals surface area contributed by atoms with Gasteiger partial charge in [-0.1, -0.05) is 19.6 Å². The number of nitrogens with two attached hydrogens (primary N) is 2. The van der Waals surface area contributed by atoms with Gasteiger partial charge in [-0.3, -0.25) is 4.98 Å². The number of aromatic nitrogens is 1. The Morgan fingerprint density at radius 2 is 1.78 bits per heavy atom. The van der Waals surface area contributed by atoms with Gasteiger partial charge in [-0.25, -0.2) is 0 Å². The van der Waals surface area contributed by atoms with Gasteiger partial charge in [0, 0.05) is 24.1 Å². The van der Waals surface area contributed by atoms with E-state index in [1.54, 1.807) is 24.4 Å². The van der Waals surface area contributed by atoms with Gasteiger partial charge in [-0.2, -0.15) is 8.42 Å². The van der Waals surface area contributed by atoms with E-state index in [1.165, 1.54) is 12.1 Å². The maximum Gasteiger partial charge on any atom is 0.341 e. The van der Waals surface area contributed by atoms with Gasteiger partial charge in [0.2, 0.25) is 5.96 Å². The monoisotopic (exact) mass is 460 g/mol. The average molecular weight is 461 g/mol. The summed E-state index contributed by atoms with van der Waals surface area (Å²) in [6, 6.07) is 11.7. The summed E-state index contributed by atoms with van der Waals surface area (Å²) in [5.74, 6) is 0.466. The zero-order chi connectivity index (χ0) is 22.4. The third-order valence-electron chi connectivity index (χ3n) is 4.13. The van der Waals surface area contributed by atoms with Crippen molar-refractivity contribution in [2.75, 3.05) is 13.2 Å². The first kappa shape index (κ1) is 24.7. The molecule has 0 saturated carbocycles. The Morgan fingerprint density at radius 3 is 2.53 bits per heavy atom. The maximum atomic E-state index is 13.0. The predicted octanol–water partition coefficient (Wildman–Crippen LogP) is 3.23. The summed E-state index contributed by atoms with van der Waals surface area (Å²) >= 11 is 0. The molecule has 2 aromatic carbocycles. The molecule has 172 valence electrons. The smallest absolute Gasteiger partial charge is 0.341 e. The van der Waals surface area contributed by atoms with Crippen molar-refractivity contribution in [3.63, 3.8) is 0 Å². The zero-order valence-electron chi connectivity index (χ0n) is 17.2. The van der Waals surface area contributed by atoms with Gasteiger partial charge < -0.3 is 25.2 Å². The van der Waals surface area contributed by atoms with Gasteiger partial charge in [0.1, 0.15) is 23.0 Å². The van der Waals surface area contributed by atoms with Crippen LogP contribution in [0.1, 0.15) is 25.0 Å². The minimum Gasteiger partial charge on any atom is -0.493 e. The Bertz CT molecular complexity index is 1210. The number of rotatable bonds is 9. The van der Waals surface area contributed by atoms with Gasteiger partial charge in [-0.05, 0) is 54.4 Å². The molecule has 3 aromatic rings. The number of para-hydroxylation sites is 1. The summed E-state index contributed by atoms with van der Waals surface area (Å²) in [5, 5.41) is 4.14. The molecule has 32 heavy (non-hydrogen) atoms. The van der Waals surface area contributed by atoms with Crippen LogP contribution in [0, 0.1) is 13.8 Å². The van der Waals surface area contributed by atoms with Gasteiger partial charge in [0.05, 0.1) is 12.1 Å². The molecule has 0 radical (unpaired) electrons. The van der Waals surface area contributed by atoms with E-state index in [0.29, 0.717) is 24.3 Å². The fraction of sp³-hybridized carbons (Fsp3) is 0.273. The lowest BCUT2D eigenvalue weighted by Crippen LogP contribution is -2.23. The van der Waals surface area contributed by atoms with Crippen LogP contribution in [-0.2, 0) is 15.0 Å². The molecular weight excluding hydrogens is 432 g/mol. The van der Waals surface area contributed by atoms with E-state index in [1.807, 2.05) is 26.0 Å². The van der Waals surface area contributed by atoms with E-state index in [4.69, 9.17) is 25.2 Å². The molecule has 4 N–H and O–H groups in total. The number of hydrogen-bond acceptors (Lipinski definition) is 7. The average Bonchev–Trinajstić information content (AvgIpc) is 2.69. The SMILES string of the molecule is C.Cc1cc(OCCCON=C(N)N)cc(OS(=O)(=O)c2cccc3cc(C)cnc23)c1. The quantitative estimate of drug-likeness (QED) is 0.163. The van der Waals surface area contributed by atoms with Crippen molar-refractivity contribution >= 4 is 27.0 Å². The molecule has 0 aliphatic rings. The van der Waals surface area contributed by atoms with Crippen LogP contribution < -0.4 is 20.4 Å². The lowest BCUT2D eigenvalue weighted by atomic mass is 10.2. The molecule has 10 heteroatoms. The number of hydrogen-bond donors (Lipinski definition) is 2. The topological polar surface area (TPSA) is 139 Å². The molecule has 0 unspecified atom stereocenters. The second-order valence-electron chi connectivity index (χ2n) is 6.91. The molecule has 0 bridgehead atoms. The third kappa shape index (κ3) is 6.48. The Morgan fingerprint density at radius 1 is 1.03 bits per heavy atom. The van der Waals surface area contributed by atoms with E-state index in [-0.39, 0.29) is 30.6 Å². The third-order valence-corrected chi connectivity index (χ3v) is 5.41. The fourth-order valence-electron chi connectivity index (χ4n) is 2.90. The molecule has 3 rings (SSSR count). The molecule has 0 fully saturated rings. The summed E-state index contributed by atoms with van der Waals surface area (Å²) in [4.78, 5) is 9.17. The minimum absolute atomic E-state index is 0. The van der Waals surface area contributed by atoms with Gasteiger partial charge in [-0.15, -0.1) is 0 Å². The summed E-state index contributed by atoms with van der Waals surface area (Å²) in [6.45, 7) is 4.30. The van der Waals surface area contributed by atoms with Crippen LogP contribution in [0.5, 0.6) is 11.5 Å². The first-order valence-electron chi connectivity index (χ1n) is 9.50. The van der Waals surface area contributed by atoms with Crippen molar-refractivity contribution in [2.24, 2.45) is 16.6 Å². The van der Waals surface area contributed by atoms with Crippen LogP contribution >= 0.6 is 0 Å². The standard InChI is InChI=1S/C21H24N4O5S.CH4/c1-14-10-17(28-7-4-8-29-25-21(22)23)12-18(11-14)30-31(26,27)19-6-3-5-16-9-15(2)13-24-20(16)19;/h3,5-6,9-13H,4,7-8H2,1-2H3,(H4,22,23,25);1H4. The fourth-order valence-corrected chi connectivity index (χ4v) is 3.99. The van der Waals surface area contributed by atoms with E-state index >= 15 is 0 Å². The number of benzene rings is 2. The highest BCUT2D eigenvalue weighted by Gasteiger charge is 2.21. The zero-order valence-corrected chi connectivity index (χ0v) is 18.1. The van der Waals surface area contributed by atoms with Crippen LogP contribution in [0.15, 0.2) is 58.7 Å². The van der Waals surface area contributed by atoms with Crippen molar-refractivity contribution in [2.45, 2.75) is 32.6 Å². The molecule has 0 atom stereocenters. The molecule has 0 aliphatic carbocycles. The van der Waals surface area contributed by atoms with Crippen molar-refractivity contribution in [3.8, 4) is 11.5 Å². The lowest BCUT2D eigenvalue weighted by molar-refractivity contribution is 0.127. The number of ether oxygens (including phenoxy) is 1. The van der Waals surface area contributed by atoms with Crippen LogP contribution in [0.2, 0.25) is 0 Å². The first-order valence-corrected chi connectivity index (χ1v) is 10.9. The number of pyridine rings is 1. The normalized spacial score (nSPS) is 10.8. The second-order valence-corrected chi connectivity index (χ2v) is 8.43. The molecule has 0 saturated heterocycles. The van der Waals surface area contributed by atoms with E-state index in [9.17, 15) is 8.42 Å². The van der Waals surface area contributed by atoms with Crippen LogP contribution in [0.3, 0.4) is 0 Å². The molecule has 1 aromatic heterocycles. The van der Waals surface area contributed by atoms with Crippen molar-refractivity contribution in [1.29, 1.82) is 0 Å². The summed E-state index contributed by atoms with van der Waals surface area (Å²) in [6.07, 6.45) is 2.15. The van der Waals surface area contributed by atoms with E-state index < -0.39 is 10.1 Å². The highest BCUT2D eigenvalue weighted by atomic mass is 32.2. The Balaban J connectivity index is 0.00000363. The molecule has 0 aliphatic heterocycles. The summed E-state index contributed by atoms with van der Waals surface area (Å²) in [5.41, 5.74) is 12.4. The maximum absolute atomic E-state index is 13.0. The van der Waals surface area contributed by atoms with Crippen LogP contribution in [-0.4, -0.2) is 32.6 Å². The van der Waals surface area contributed by atoms with Gasteiger partial charge in [0.15, 0.2) is 0 Å². The number of oxime groups is 1. The Kier molecular flexibility index (Phi) is 8.25. The van der Waals surface area contributed by atoms with Crippen LogP contribution in [0.4, 0.5) is 0 Å². The Hall–Kier alpha value is -3.53. The highest BCUT2D eigenvalue weighted by Crippen LogP contribution is 2.28.